The summed E-state index contributed by atoms with van der Waals surface area (Å²) in [4.78, 5) is 42.3. The van der Waals surface area contributed by atoms with Gasteiger partial charge in [-0.25, -0.2) is 13.2 Å². The maximum absolute atomic E-state index is 12.8. The smallest absolute Gasteiger partial charge is 0.354 e. The molecule has 0 atom stereocenters. The zero-order valence-corrected chi connectivity index (χ0v) is 20.5. The van der Waals surface area contributed by atoms with Crippen molar-refractivity contribution in [1.29, 1.82) is 0 Å². The lowest BCUT2D eigenvalue weighted by Gasteiger charge is -2.38. The number of amides is 1. The van der Waals surface area contributed by atoms with Crippen LogP contribution in [0.3, 0.4) is 0 Å². The van der Waals surface area contributed by atoms with Gasteiger partial charge < -0.3 is 23.9 Å². The first-order valence-corrected chi connectivity index (χ1v) is 12.4. The molecule has 1 amide bonds. The number of aryl methyl sites for hydroxylation is 1. The predicted molar refractivity (Wildman–Crippen MR) is 126 cm³/mol. The molecule has 3 aromatic rings. The zero-order valence-electron chi connectivity index (χ0n) is 19.7. The monoisotopic (exact) mass is 487 g/mol. The van der Waals surface area contributed by atoms with E-state index in [1.807, 2.05) is 0 Å². The van der Waals surface area contributed by atoms with Gasteiger partial charge >= 0.3 is 5.97 Å². The number of likely N-dealkylation sites (N-methyl/N-ethyl adjacent to an activating group) is 1. The normalized spacial score (nSPS) is 15.2. The summed E-state index contributed by atoms with van der Waals surface area (Å²) in [5, 5.41) is 0.223. The van der Waals surface area contributed by atoms with Crippen molar-refractivity contribution < 1.29 is 27.5 Å². The Balaban J connectivity index is 2.11. The number of benzene rings is 1. The first kappa shape index (κ1) is 23.6. The molecule has 4 rings (SSSR count). The molecule has 0 unspecified atom stereocenters. The molecule has 1 N–H and O–H groups in total. The second kappa shape index (κ2) is 7.73. The van der Waals surface area contributed by atoms with E-state index in [0.717, 1.165) is 6.26 Å². The summed E-state index contributed by atoms with van der Waals surface area (Å²) in [5.41, 5.74) is -0.109. The van der Waals surface area contributed by atoms with E-state index >= 15 is 0 Å². The van der Waals surface area contributed by atoms with Crippen LogP contribution in [-0.4, -0.2) is 55.4 Å². The summed E-state index contributed by atoms with van der Waals surface area (Å²) >= 11 is 0. The van der Waals surface area contributed by atoms with Crippen molar-refractivity contribution in [2.75, 3.05) is 24.8 Å². The van der Waals surface area contributed by atoms with Crippen molar-refractivity contribution in [2.45, 2.75) is 31.3 Å². The third-order valence-corrected chi connectivity index (χ3v) is 6.85. The van der Waals surface area contributed by atoms with Gasteiger partial charge in [-0.2, -0.15) is 0 Å². The average molecular weight is 488 g/mol. The number of hydrogen-bond acceptors (Lipinski definition) is 7. The quantitative estimate of drug-likeness (QED) is 0.559. The fraction of sp³-hybridized carbons (Fsp3) is 0.348. The van der Waals surface area contributed by atoms with E-state index in [1.165, 1.54) is 33.9 Å². The number of nitrogens with zero attached hydrogens (tertiary/aromatic N) is 2. The number of anilines is 1. The number of carbonyl (C=O) groups is 2. The van der Waals surface area contributed by atoms with E-state index in [2.05, 4.69) is 4.98 Å². The number of fused-ring (bicyclic) bond motifs is 2. The fourth-order valence-corrected chi connectivity index (χ4v) is 4.69. The van der Waals surface area contributed by atoms with Crippen LogP contribution in [0.25, 0.3) is 22.0 Å². The van der Waals surface area contributed by atoms with Gasteiger partial charge in [-0.3, -0.25) is 9.59 Å². The number of nitrogens with one attached hydrogen (secondary N) is 1. The SMILES string of the molecule is CCOC(=O)c1cc2c(=O)n(C)cc(-c3cc(S(C)(=O)=O)cc4c3OC(C)(C)C(=O)N4C)c2[nH]1. The third kappa shape index (κ3) is 3.65. The van der Waals surface area contributed by atoms with Gasteiger partial charge in [-0.05, 0) is 39.0 Å². The van der Waals surface area contributed by atoms with Crippen LogP contribution in [0.1, 0.15) is 31.3 Å². The minimum Gasteiger partial charge on any atom is -0.475 e. The molecule has 0 fully saturated rings. The number of sulfone groups is 1. The molecule has 0 spiro atoms. The van der Waals surface area contributed by atoms with E-state index in [4.69, 9.17) is 9.47 Å². The van der Waals surface area contributed by atoms with Crippen LogP contribution in [0.2, 0.25) is 0 Å². The Kier molecular flexibility index (Phi) is 5.35. The number of rotatable bonds is 4. The van der Waals surface area contributed by atoms with Crippen LogP contribution >= 0.6 is 0 Å². The van der Waals surface area contributed by atoms with Crippen LogP contribution in [-0.2, 0) is 26.4 Å². The van der Waals surface area contributed by atoms with Crippen LogP contribution in [0, 0.1) is 0 Å². The molecule has 1 aromatic carbocycles. The standard InChI is InChI=1S/C23H25N3O7S/c1-7-32-21(28)16-10-14-18(24-16)15(11-25(4)20(14)27)13-8-12(34(6,30)31)9-17-19(13)33-23(2,3)22(29)26(17)5/h8-11,24H,7H2,1-6H3. The molecule has 180 valence electrons. The van der Waals surface area contributed by atoms with E-state index in [1.54, 1.807) is 34.9 Å². The van der Waals surface area contributed by atoms with E-state index in [-0.39, 0.29) is 45.5 Å². The lowest BCUT2D eigenvalue weighted by molar-refractivity contribution is -0.132. The number of H-pyrrole nitrogens is 1. The van der Waals surface area contributed by atoms with Crippen molar-refractivity contribution in [1.82, 2.24) is 9.55 Å². The summed E-state index contributed by atoms with van der Waals surface area (Å²) in [5.74, 6) is -0.681. The van der Waals surface area contributed by atoms with Gasteiger partial charge in [0.15, 0.2) is 21.2 Å². The summed E-state index contributed by atoms with van der Waals surface area (Å²) < 4.78 is 37.5. The van der Waals surface area contributed by atoms with E-state index in [0.29, 0.717) is 16.6 Å². The molecule has 2 aromatic heterocycles. The van der Waals surface area contributed by atoms with E-state index < -0.39 is 21.4 Å². The Morgan fingerprint density at radius 3 is 2.44 bits per heavy atom. The first-order chi connectivity index (χ1) is 15.8. The Morgan fingerprint density at radius 1 is 1.15 bits per heavy atom. The zero-order chi connectivity index (χ0) is 25.2. The second-order valence-corrected chi connectivity index (χ2v) is 10.7. The Morgan fingerprint density at radius 2 is 1.82 bits per heavy atom. The summed E-state index contributed by atoms with van der Waals surface area (Å²) in [6, 6.07) is 4.24. The summed E-state index contributed by atoms with van der Waals surface area (Å²) in [7, 11) is -0.572. The molecule has 0 radical (unpaired) electrons. The van der Waals surface area contributed by atoms with Gasteiger partial charge in [-0.1, -0.05) is 0 Å². The fourth-order valence-electron chi connectivity index (χ4n) is 4.04. The Labute approximate surface area is 196 Å². The molecule has 1 aliphatic rings. The van der Waals surface area contributed by atoms with Gasteiger partial charge in [-0.15, -0.1) is 0 Å². The van der Waals surface area contributed by atoms with Gasteiger partial charge in [0.1, 0.15) is 5.69 Å². The van der Waals surface area contributed by atoms with Gasteiger partial charge in [0, 0.05) is 37.7 Å². The lowest BCUT2D eigenvalue weighted by atomic mass is 9.98. The number of aromatic nitrogens is 2. The van der Waals surface area contributed by atoms with Gasteiger partial charge in [0.2, 0.25) is 0 Å². The number of ether oxygens (including phenoxy) is 2. The van der Waals surface area contributed by atoms with Crippen molar-refractivity contribution in [2.24, 2.45) is 7.05 Å². The largest absolute Gasteiger partial charge is 0.475 e. The summed E-state index contributed by atoms with van der Waals surface area (Å²) in [6.45, 7) is 5.07. The maximum atomic E-state index is 12.8. The number of pyridine rings is 1. The molecule has 0 saturated heterocycles. The lowest BCUT2D eigenvalue weighted by Crippen LogP contribution is -2.51. The molecule has 0 bridgehead atoms. The van der Waals surface area contributed by atoms with Crippen LogP contribution < -0.4 is 15.2 Å². The topological polar surface area (TPSA) is 128 Å². The van der Waals surface area contributed by atoms with Gasteiger partial charge in [0.05, 0.1) is 28.1 Å². The molecule has 3 heterocycles. The molecule has 0 aliphatic carbocycles. The predicted octanol–water partition coefficient (Wildman–Crippen LogP) is 2.25. The van der Waals surface area contributed by atoms with Crippen LogP contribution in [0.5, 0.6) is 5.75 Å². The molecule has 10 nitrogen and oxygen atoms in total. The number of hydrogen-bond donors (Lipinski definition) is 1. The molecule has 34 heavy (non-hydrogen) atoms. The van der Waals surface area contributed by atoms with Crippen molar-refractivity contribution >= 4 is 38.3 Å². The minimum absolute atomic E-state index is 0.0246. The third-order valence-electron chi connectivity index (χ3n) is 5.76. The highest BCUT2D eigenvalue weighted by atomic mass is 32.2. The Hall–Kier alpha value is -3.60. The number of aromatic amines is 1. The molecule has 0 saturated carbocycles. The minimum atomic E-state index is -3.67. The highest BCUT2D eigenvalue weighted by molar-refractivity contribution is 7.90. The van der Waals surface area contributed by atoms with Crippen LogP contribution in [0.15, 0.2) is 34.1 Å². The molecular weight excluding hydrogens is 462 g/mol. The highest BCUT2D eigenvalue weighted by Crippen LogP contribution is 2.46. The summed E-state index contributed by atoms with van der Waals surface area (Å²) in [6.07, 6.45) is 2.60. The first-order valence-electron chi connectivity index (χ1n) is 10.5. The number of carbonyl (C=O) groups excluding carboxylic acids is 2. The Bertz CT molecular complexity index is 1530. The molecule has 11 heteroatoms. The highest BCUT2D eigenvalue weighted by Gasteiger charge is 2.41. The molecular formula is C23H25N3O7S. The average Bonchev–Trinajstić information content (AvgIpc) is 3.20. The van der Waals surface area contributed by atoms with Crippen molar-refractivity contribution in [3.8, 4) is 16.9 Å². The van der Waals surface area contributed by atoms with E-state index in [9.17, 15) is 22.8 Å². The van der Waals surface area contributed by atoms with Crippen molar-refractivity contribution in [3.05, 3.63) is 40.4 Å². The van der Waals surface area contributed by atoms with Crippen LogP contribution in [0.4, 0.5) is 5.69 Å². The molecule has 1 aliphatic heterocycles. The maximum Gasteiger partial charge on any atom is 0.354 e. The van der Waals surface area contributed by atoms with Gasteiger partial charge in [0.25, 0.3) is 11.5 Å². The van der Waals surface area contributed by atoms with Crippen molar-refractivity contribution in [3.63, 3.8) is 0 Å². The number of esters is 1. The second-order valence-electron chi connectivity index (χ2n) is 8.72.